The molecule has 5 nitrogen and oxygen atoms in total. The minimum Gasteiger partial charge on any atom is -0.325 e. The number of nitro groups is 1. The summed E-state index contributed by atoms with van der Waals surface area (Å²) in [7, 11) is 0. The number of para-hydroxylation sites is 1. The molecule has 25 heavy (non-hydrogen) atoms. The van der Waals surface area contributed by atoms with Gasteiger partial charge in [-0.3, -0.25) is 14.9 Å². The first-order valence-electron chi connectivity index (χ1n) is 7.93. The number of nitro benzene ring substituents is 1. The molecule has 0 aromatic heterocycles. The van der Waals surface area contributed by atoms with Gasteiger partial charge < -0.3 is 5.32 Å². The Kier molecular flexibility index (Phi) is 6.52. The maximum Gasteiger partial charge on any atom is 0.272 e. The second kappa shape index (κ2) is 8.62. The number of non-ortho nitro benzene ring substituents is 1. The van der Waals surface area contributed by atoms with E-state index in [1.54, 1.807) is 0 Å². The standard InChI is InChI=1S/C18H19FN2O3S/c1-3-12-6-5-7-13(4-2)18(12)20-17(22)11-25-16-9-8-14(21(23)24)10-15(16)19/h5-10H,3-4,11H2,1-2H3,(H,20,22). The van der Waals surface area contributed by atoms with Gasteiger partial charge in [0.25, 0.3) is 5.69 Å². The van der Waals surface area contributed by atoms with Gasteiger partial charge in [0, 0.05) is 16.6 Å². The van der Waals surface area contributed by atoms with E-state index >= 15 is 0 Å². The summed E-state index contributed by atoms with van der Waals surface area (Å²) in [4.78, 5) is 22.4. The van der Waals surface area contributed by atoms with Crippen molar-refractivity contribution < 1.29 is 14.1 Å². The van der Waals surface area contributed by atoms with Crippen LogP contribution in [0.1, 0.15) is 25.0 Å². The summed E-state index contributed by atoms with van der Waals surface area (Å²) in [5.74, 6) is -0.913. The topological polar surface area (TPSA) is 72.2 Å². The van der Waals surface area contributed by atoms with Crippen LogP contribution in [-0.2, 0) is 17.6 Å². The van der Waals surface area contributed by atoms with E-state index in [2.05, 4.69) is 5.32 Å². The first-order valence-corrected chi connectivity index (χ1v) is 8.92. The van der Waals surface area contributed by atoms with E-state index < -0.39 is 10.7 Å². The van der Waals surface area contributed by atoms with Crippen LogP contribution in [0.2, 0.25) is 0 Å². The van der Waals surface area contributed by atoms with Crippen LogP contribution in [0.5, 0.6) is 0 Å². The fourth-order valence-corrected chi connectivity index (χ4v) is 3.16. The molecule has 0 aliphatic rings. The largest absolute Gasteiger partial charge is 0.325 e. The second-order valence-corrected chi connectivity index (χ2v) is 6.38. The van der Waals surface area contributed by atoms with E-state index in [4.69, 9.17) is 0 Å². The summed E-state index contributed by atoms with van der Waals surface area (Å²) in [6.45, 7) is 4.04. The molecule has 0 aliphatic carbocycles. The molecule has 0 heterocycles. The molecule has 0 unspecified atom stereocenters. The second-order valence-electron chi connectivity index (χ2n) is 5.37. The Morgan fingerprint density at radius 3 is 2.36 bits per heavy atom. The molecule has 1 amide bonds. The first kappa shape index (κ1) is 18.9. The minimum atomic E-state index is -0.699. The zero-order valence-electron chi connectivity index (χ0n) is 14.0. The lowest BCUT2D eigenvalue weighted by atomic mass is 10.0. The monoisotopic (exact) mass is 362 g/mol. The summed E-state index contributed by atoms with van der Waals surface area (Å²) >= 11 is 1.01. The SMILES string of the molecule is CCc1cccc(CC)c1NC(=O)CSc1ccc([N+](=O)[O-])cc1F. The van der Waals surface area contributed by atoms with Crippen molar-refractivity contribution in [3.05, 3.63) is 63.5 Å². The average Bonchev–Trinajstić information content (AvgIpc) is 2.60. The number of hydrogen-bond donors (Lipinski definition) is 1. The van der Waals surface area contributed by atoms with Gasteiger partial charge in [-0.2, -0.15) is 0 Å². The molecule has 0 bridgehead atoms. The molecule has 132 valence electrons. The lowest BCUT2D eigenvalue weighted by Crippen LogP contribution is -2.16. The van der Waals surface area contributed by atoms with E-state index in [9.17, 15) is 19.3 Å². The third-order valence-electron chi connectivity index (χ3n) is 3.75. The molecule has 0 fully saturated rings. The molecule has 0 aliphatic heterocycles. The van der Waals surface area contributed by atoms with Crippen LogP contribution in [0.3, 0.4) is 0 Å². The number of anilines is 1. The number of nitrogens with zero attached hydrogens (tertiary/aromatic N) is 1. The Hall–Kier alpha value is -2.41. The van der Waals surface area contributed by atoms with Crippen molar-refractivity contribution in [1.82, 2.24) is 0 Å². The van der Waals surface area contributed by atoms with Crippen LogP contribution in [0.15, 0.2) is 41.3 Å². The van der Waals surface area contributed by atoms with Crippen LogP contribution in [0.4, 0.5) is 15.8 Å². The number of carbonyl (C=O) groups is 1. The normalized spacial score (nSPS) is 10.5. The summed E-state index contributed by atoms with van der Waals surface area (Å²) in [6, 6.07) is 9.32. The molecular weight excluding hydrogens is 343 g/mol. The zero-order valence-corrected chi connectivity index (χ0v) is 14.9. The molecule has 0 saturated carbocycles. The number of thioether (sulfide) groups is 1. The van der Waals surface area contributed by atoms with Crippen molar-refractivity contribution in [2.45, 2.75) is 31.6 Å². The van der Waals surface area contributed by atoms with Gasteiger partial charge in [-0.15, -0.1) is 11.8 Å². The number of halogens is 1. The maximum atomic E-state index is 13.9. The number of hydrogen-bond acceptors (Lipinski definition) is 4. The number of benzene rings is 2. The van der Waals surface area contributed by atoms with Crippen molar-refractivity contribution in [3.8, 4) is 0 Å². The third kappa shape index (κ3) is 4.79. The van der Waals surface area contributed by atoms with E-state index in [-0.39, 0.29) is 22.2 Å². The summed E-state index contributed by atoms with van der Waals surface area (Å²) in [6.07, 6.45) is 1.60. The molecule has 2 aromatic rings. The molecule has 0 spiro atoms. The quantitative estimate of drug-likeness (QED) is 0.444. The molecular formula is C18H19FN2O3S. The zero-order chi connectivity index (χ0) is 18.4. The highest BCUT2D eigenvalue weighted by molar-refractivity contribution is 8.00. The van der Waals surface area contributed by atoms with Gasteiger partial charge in [-0.1, -0.05) is 32.0 Å². The highest BCUT2D eigenvalue weighted by atomic mass is 32.2. The predicted molar refractivity (Wildman–Crippen MR) is 97.6 cm³/mol. The van der Waals surface area contributed by atoms with Crippen molar-refractivity contribution in [2.75, 3.05) is 11.1 Å². The van der Waals surface area contributed by atoms with Crippen LogP contribution in [-0.4, -0.2) is 16.6 Å². The minimum absolute atomic E-state index is 0.0237. The lowest BCUT2D eigenvalue weighted by molar-refractivity contribution is -0.385. The van der Waals surface area contributed by atoms with Crippen LogP contribution < -0.4 is 5.32 Å². The van der Waals surface area contributed by atoms with E-state index in [0.717, 1.165) is 47.5 Å². The van der Waals surface area contributed by atoms with Gasteiger partial charge in [0.15, 0.2) is 0 Å². The molecule has 7 heteroatoms. The van der Waals surface area contributed by atoms with Crippen molar-refractivity contribution in [1.29, 1.82) is 0 Å². The fourth-order valence-electron chi connectivity index (χ4n) is 2.44. The van der Waals surface area contributed by atoms with Crippen LogP contribution in [0.25, 0.3) is 0 Å². The smallest absolute Gasteiger partial charge is 0.272 e. The number of carbonyl (C=O) groups excluding carboxylic acids is 1. The molecule has 2 rings (SSSR count). The molecule has 2 aromatic carbocycles. The summed E-state index contributed by atoms with van der Waals surface area (Å²) in [5, 5.41) is 13.5. The maximum absolute atomic E-state index is 13.9. The van der Waals surface area contributed by atoms with Crippen molar-refractivity contribution in [3.63, 3.8) is 0 Å². The van der Waals surface area contributed by atoms with Crippen molar-refractivity contribution >= 4 is 29.0 Å². The molecule has 0 radical (unpaired) electrons. The van der Waals surface area contributed by atoms with Gasteiger partial charge in [0.2, 0.25) is 5.91 Å². The number of rotatable bonds is 7. The van der Waals surface area contributed by atoms with Gasteiger partial charge >= 0.3 is 0 Å². The molecule has 0 atom stereocenters. The van der Waals surface area contributed by atoms with Crippen LogP contribution >= 0.6 is 11.8 Å². The predicted octanol–water partition coefficient (Wildman–Crippen LogP) is 4.59. The highest BCUT2D eigenvalue weighted by Gasteiger charge is 2.14. The van der Waals surface area contributed by atoms with E-state index in [0.29, 0.717) is 0 Å². The first-order chi connectivity index (χ1) is 12.0. The van der Waals surface area contributed by atoms with Gasteiger partial charge in [0.1, 0.15) is 5.82 Å². The fraction of sp³-hybridized carbons (Fsp3) is 0.278. The number of aryl methyl sites for hydroxylation is 2. The Morgan fingerprint density at radius 2 is 1.84 bits per heavy atom. The average molecular weight is 362 g/mol. The van der Waals surface area contributed by atoms with Gasteiger partial charge in [-0.05, 0) is 30.0 Å². The Morgan fingerprint density at radius 1 is 1.20 bits per heavy atom. The highest BCUT2D eigenvalue weighted by Crippen LogP contribution is 2.27. The van der Waals surface area contributed by atoms with Crippen molar-refractivity contribution in [2.24, 2.45) is 0 Å². The molecule has 0 saturated heterocycles. The Bertz CT molecular complexity index is 774. The summed E-state index contributed by atoms with van der Waals surface area (Å²) < 4.78 is 13.9. The van der Waals surface area contributed by atoms with Gasteiger partial charge in [-0.25, -0.2) is 4.39 Å². The third-order valence-corrected chi connectivity index (χ3v) is 4.80. The number of amides is 1. The van der Waals surface area contributed by atoms with Crippen LogP contribution in [0, 0.1) is 15.9 Å². The lowest BCUT2D eigenvalue weighted by Gasteiger charge is -2.14. The van der Waals surface area contributed by atoms with E-state index in [1.165, 1.54) is 12.1 Å². The Balaban J connectivity index is 2.06. The molecule has 1 N–H and O–H groups in total. The Labute approximate surface area is 149 Å². The van der Waals surface area contributed by atoms with Gasteiger partial charge in [0.05, 0.1) is 16.7 Å². The number of nitrogens with one attached hydrogen (secondary N) is 1. The summed E-state index contributed by atoms with van der Waals surface area (Å²) in [5.41, 5.74) is 2.62. The van der Waals surface area contributed by atoms with E-state index in [1.807, 2.05) is 32.0 Å².